The van der Waals surface area contributed by atoms with Crippen molar-refractivity contribution in [3.8, 4) is 0 Å². The van der Waals surface area contributed by atoms with E-state index < -0.39 is 59.4 Å². The average Bonchev–Trinajstić information content (AvgIpc) is 3.30. The number of likely N-dealkylation sites (tertiary alicyclic amines) is 1. The third-order valence-corrected chi connectivity index (χ3v) is 9.14. The lowest BCUT2D eigenvalue weighted by atomic mass is 9.80. The Morgan fingerprint density at radius 3 is 2.11 bits per heavy atom. The van der Waals surface area contributed by atoms with E-state index in [1.807, 2.05) is 6.92 Å². The maximum Gasteiger partial charge on any atom is 0.416 e. The van der Waals surface area contributed by atoms with Gasteiger partial charge in [-0.25, -0.2) is 4.39 Å². The van der Waals surface area contributed by atoms with E-state index in [2.05, 4.69) is 0 Å². The molecule has 3 fully saturated rings. The molecule has 240 valence electrons. The summed E-state index contributed by atoms with van der Waals surface area (Å²) in [4.78, 5) is 30.2. The summed E-state index contributed by atoms with van der Waals surface area (Å²) in [5, 5.41) is 0. The molecule has 3 saturated heterocycles. The smallest absolute Gasteiger partial charge is 0.368 e. The van der Waals surface area contributed by atoms with Crippen LogP contribution in [0.5, 0.6) is 0 Å². The molecule has 13 heteroatoms. The first-order chi connectivity index (χ1) is 20.4. The van der Waals surface area contributed by atoms with Crippen molar-refractivity contribution in [1.82, 2.24) is 9.80 Å². The highest BCUT2D eigenvalue weighted by Crippen LogP contribution is 2.45. The Labute approximate surface area is 250 Å². The van der Waals surface area contributed by atoms with E-state index in [-0.39, 0.29) is 48.4 Å². The number of benzene rings is 2. The van der Waals surface area contributed by atoms with Crippen molar-refractivity contribution in [2.45, 2.75) is 81.6 Å². The molecule has 2 unspecified atom stereocenters. The van der Waals surface area contributed by atoms with Gasteiger partial charge in [-0.1, -0.05) is 12.1 Å². The van der Waals surface area contributed by atoms with Crippen molar-refractivity contribution in [3.63, 3.8) is 0 Å². The molecular formula is C31H34F7N3O3. The Bertz CT molecular complexity index is 1350. The van der Waals surface area contributed by atoms with Crippen LogP contribution in [-0.4, -0.2) is 58.9 Å². The highest BCUT2D eigenvalue weighted by atomic mass is 19.4. The van der Waals surface area contributed by atoms with Crippen LogP contribution >= 0.6 is 0 Å². The molecule has 2 N–H and O–H groups in total. The number of alkyl halides is 6. The van der Waals surface area contributed by atoms with E-state index in [9.17, 15) is 40.3 Å². The topological polar surface area (TPSA) is 75.9 Å². The van der Waals surface area contributed by atoms with Crippen LogP contribution in [0.2, 0.25) is 0 Å². The fraction of sp³-hybridized carbons (Fsp3) is 0.548. The number of hydrogen-bond donors (Lipinski definition) is 1. The molecule has 0 radical (unpaired) electrons. The van der Waals surface area contributed by atoms with Gasteiger partial charge in [0.15, 0.2) is 0 Å². The quantitative estimate of drug-likeness (QED) is 0.409. The van der Waals surface area contributed by atoms with Gasteiger partial charge in [0.25, 0.3) is 0 Å². The molecule has 0 spiro atoms. The fourth-order valence-electron chi connectivity index (χ4n) is 6.64. The number of nitrogens with two attached hydrogens (primary N) is 1. The van der Waals surface area contributed by atoms with Gasteiger partial charge in [0, 0.05) is 49.5 Å². The van der Waals surface area contributed by atoms with Gasteiger partial charge < -0.3 is 20.3 Å². The SMILES string of the molecule is C[C@@H](O[C@H]1CN2C(=O)CC(C(=O)N3CCC(C)(N)CC3)C[C@H]2C1c1ccc(F)cc1)c1cc(C(F)(F)F)cc(C(F)(F)F)c1. The molecule has 2 aromatic carbocycles. The van der Waals surface area contributed by atoms with E-state index in [1.165, 1.54) is 31.2 Å². The van der Waals surface area contributed by atoms with Gasteiger partial charge in [-0.05, 0) is 74.6 Å². The molecule has 0 saturated carbocycles. The van der Waals surface area contributed by atoms with Crippen LogP contribution in [0.25, 0.3) is 0 Å². The predicted octanol–water partition coefficient (Wildman–Crippen LogP) is 6.05. The Morgan fingerprint density at radius 2 is 1.57 bits per heavy atom. The second kappa shape index (κ2) is 11.6. The summed E-state index contributed by atoms with van der Waals surface area (Å²) in [5.74, 6) is -2.21. The minimum atomic E-state index is -5.02. The highest BCUT2D eigenvalue weighted by molar-refractivity contribution is 5.88. The molecule has 2 amide bonds. The normalized spacial score (nSPS) is 26.5. The Kier molecular flexibility index (Phi) is 8.51. The van der Waals surface area contributed by atoms with Crippen LogP contribution in [0.3, 0.4) is 0 Å². The monoisotopic (exact) mass is 629 g/mol. The molecule has 44 heavy (non-hydrogen) atoms. The predicted molar refractivity (Wildman–Crippen MR) is 146 cm³/mol. The molecule has 5 atom stereocenters. The highest BCUT2D eigenvalue weighted by Gasteiger charge is 2.51. The minimum absolute atomic E-state index is 0.0110. The Balaban J connectivity index is 1.43. The van der Waals surface area contributed by atoms with Crippen molar-refractivity contribution < 1.29 is 45.1 Å². The molecule has 2 aromatic rings. The molecule has 5 rings (SSSR count). The standard InChI is InChI=1S/C31H34F7N3O3/c1-17(19-11-21(30(33,34)35)15-22(12-19)31(36,37)38)44-25-16-41-24(27(25)18-3-5-23(32)6-4-18)13-20(14-26(41)42)28(43)40-9-7-29(2,39)8-10-40/h3-6,11-12,15,17,20,24-25,27H,7-10,13-14,16,39H2,1-2H3/t17-,20?,24+,25+,27?/m1/s1. The molecule has 0 aromatic heterocycles. The molecule has 3 aliphatic rings. The third kappa shape index (κ3) is 6.73. The van der Waals surface area contributed by atoms with Crippen molar-refractivity contribution >= 4 is 11.8 Å². The number of halogens is 7. The number of piperidine rings is 2. The molecular weight excluding hydrogens is 595 g/mol. The lowest BCUT2D eigenvalue weighted by Gasteiger charge is -2.41. The number of ether oxygens (including phenoxy) is 1. The van der Waals surface area contributed by atoms with Crippen LogP contribution < -0.4 is 5.73 Å². The molecule has 0 aliphatic carbocycles. The summed E-state index contributed by atoms with van der Waals surface area (Å²) in [6.45, 7) is 4.22. The van der Waals surface area contributed by atoms with E-state index in [0.717, 1.165) is 0 Å². The second-order valence-electron chi connectivity index (χ2n) is 12.5. The van der Waals surface area contributed by atoms with Gasteiger partial charge in [0.1, 0.15) is 5.82 Å². The van der Waals surface area contributed by atoms with Gasteiger partial charge in [0.2, 0.25) is 11.8 Å². The summed E-state index contributed by atoms with van der Waals surface area (Å²) in [7, 11) is 0. The van der Waals surface area contributed by atoms with Crippen molar-refractivity contribution in [3.05, 3.63) is 70.5 Å². The molecule has 0 bridgehead atoms. The lowest BCUT2D eigenvalue weighted by Crippen LogP contribution is -2.53. The van der Waals surface area contributed by atoms with E-state index in [4.69, 9.17) is 10.5 Å². The molecule has 6 nitrogen and oxygen atoms in total. The zero-order chi connectivity index (χ0) is 32.2. The zero-order valence-electron chi connectivity index (χ0n) is 24.2. The first kappa shape index (κ1) is 32.2. The summed E-state index contributed by atoms with van der Waals surface area (Å²) < 4.78 is 101. The van der Waals surface area contributed by atoms with Crippen LogP contribution in [0.4, 0.5) is 30.7 Å². The van der Waals surface area contributed by atoms with Crippen LogP contribution in [-0.2, 0) is 26.7 Å². The average molecular weight is 630 g/mol. The van der Waals surface area contributed by atoms with Gasteiger partial charge in [0.05, 0.1) is 23.3 Å². The Hall–Kier alpha value is -3.19. The van der Waals surface area contributed by atoms with Gasteiger partial charge in [-0.15, -0.1) is 0 Å². The van der Waals surface area contributed by atoms with Gasteiger partial charge in [-0.3, -0.25) is 9.59 Å². The molecule has 3 aliphatic heterocycles. The maximum atomic E-state index is 13.9. The fourth-order valence-corrected chi connectivity index (χ4v) is 6.64. The number of nitrogens with zero attached hydrogens (tertiary/aromatic N) is 2. The van der Waals surface area contributed by atoms with E-state index in [1.54, 1.807) is 9.80 Å². The van der Waals surface area contributed by atoms with Crippen LogP contribution in [0.15, 0.2) is 42.5 Å². The Morgan fingerprint density at radius 1 is 1.00 bits per heavy atom. The van der Waals surface area contributed by atoms with Crippen LogP contribution in [0, 0.1) is 11.7 Å². The lowest BCUT2D eigenvalue weighted by molar-refractivity contribution is -0.147. The third-order valence-electron chi connectivity index (χ3n) is 9.14. The van der Waals surface area contributed by atoms with Crippen molar-refractivity contribution in [1.29, 1.82) is 0 Å². The summed E-state index contributed by atoms with van der Waals surface area (Å²) in [5.41, 5.74) is 3.17. The van der Waals surface area contributed by atoms with E-state index in [0.29, 0.717) is 43.6 Å². The van der Waals surface area contributed by atoms with Crippen LogP contribution in [0.1, 0.15) is 73.8 Å². The maximum absolute atomic E-state index is 13.9. The number of amides is 2. The summed E-state index contributed by atoms with van der Waals surface area (Å²) in [6, 6.07) is 6.24. The van der Waals surface area contributed by atoms with Crippen molar-refractivity contribution in [2.24, 2.45) is 11.7 Å². The minimum Gasteiger partial charge on any atom is -0.368 e. The first-order valence-electron chi connectivity index (χ1n) is 14.5. The number of fused-ring (bicyclic) bond motifs is 1. The number of carbonyl (C=O) groups excluding carboxylic acids is 2. The largest absolute Gasteiger partial charge is 0.416 e. The van der Waals surface area contributed by atoms with Crippen molar-refractivity contribution in [2.75, 3.05) is 19.6 Å². The second-order valence-corrected chi connectivity index (χ2v) is 12.5. The summed E-state index contributed by atoms with van der Waals surface area (Å²) in [6.07, 6.45) is -10.6. The number of carbonyl (C=O) groups is 2. The molecule has 3 heterocycles. The summed E-state index contributed by atoms with van der Waals surface area (Å²) >= 11 is 0. The van der Waals surface area contributed by atoms with E-state index >= 15 is 0 Å². The number of hydrogen-bond acceptors (Lipinski definition) is 4. The zero-order valence-corrected chi connectivity index (χ0v) is 24.2. The van der Waals surface area contributed by atoms with Gasteiger partial charge in [-0.2, -0.15) is 26.3 Å². The first-order valence-corrected chi connectivity index (χ1v) is 14.5. The number of rotatable bonds is 5. The van der Waals surface area contributed by atoms with Gasteiger partial charge >= 0.3 is 12.4 Å².